The minimum atomic E-state index is -6.87. The average Bonchev–Trinajstić information content (AvgIpc) is 2.93. The number of aliphatic hydroxyl groups excluding tert-OH is 1. The van der Waals surface area contributed by atoms with E-state index in [0.29, 0.717) is 6.61 Å². The zero-order valence-corrected chi connectivity index (χ0v) is 12.2. The SMILES string of the molecule is OC(C(F)(F)F)(C(F)(F)F)C(F)(F)F.OCC12CCCN1CCC2. The highest BCUT2D eigenvalue weighted by atomic mass is 19.4. The van der Waals surface area contributed by atoms with Crippen LogP contribution >= 0.6 is 0 Å². The Morgan fingerprint density at radius 3 is 1.25 bits per heavy atom. The number of halogens is 9. The van der Waals surface area contributed by atoms with Crippen molar-refractivity contribution in [2.75, 3.05) is 19.7 Å². The highest BCUT2D eigenvalue weighted by molar-refractivity contribution is 5.00. The molecule has 12 heteroatoms. The van der Waals surface area contributed by atoms with E-state index in [-0.39, 0.29) is 5.54 Å². The number of fused-ring (bicyclic) bond motifs is 1. The quantitative estimate of drug-likeness (QED) is 0.691. The zero-order chi connectivity index (χ0) is 19.0. The monoisotopic (exact) mass is 377 g/mol. The van der Waals surface area contributed by atoms with E-state index in [9.17, 15) is 44.6 Å². The molecule has 2 rings (SSSR count). The largest absolute Gasteiger partial charge is 0.435 e. The molecule has 0 amide bonds. The summed E-state index contributed by atoms with van der Waals surface area (Å²) in [7, 11) is 0. The standard InChI is InChI=1S/C8H15NO.C4HF9O/c10-7-8-3-1-5-9(8)6-2-4-8;5-2(6,7)1(14,3(8,9)10)4(11,12)13/h10H,1-7H2;14H. The lowest BCUT2D eigenvalue weighted by atomic mass is 9.96. The fraction of sp³-hybridized carbons (Fsp3) is 1.00. The van der Waals surface area contributed by atoms with E-state index in [1.807, 2.05) is 0 Å². The van der Waals surface area contributed by atoms with Gasteiger partial charge in [0.15, 0.2) is 0 Å². The van der Waals surface area contributed by atoms with Crippen molar-refractivity contribution >= 4 is 0 Å². The Labute approximate surface area is 131 Å². The molecule has 0 spiro atoms. The Hall–Kier alpha value is -0.750. The Morgan fingerprint density at radius 2 is 1.08 bits per heavy atom. The summed E-state index contributed by atoms with van der Waals surface area (Å²) in [6.07, 6.45) is -15.6. The van der Waals surface area contributed by atoms with Gasteiger partial charge in [-0.15, -0.1) is 0 Å². The van der Waals surface area contributed by atoms with Crippen LogP contribution in [0.25, 0.3) is 0 Å². The molecule has 0 aliphatic carbocycles. The lowest BCUT2D eigenvalue weighted by Crippen LogP contribution is -2.66. The number of hydrogen-bond donors (Lipinski definition) is 2. The average molecular weight is 377 g/mol. The fourth-order valence-corrected chi connectivity index (χ4v) is 2.97. The van der Waals surface area contributed by atoms with Crippen molar-refractivity contribution in [1.29, 1.82) is 0 Å². The number of alkyl halides is 9. The molecule has 0 saturated carbocycles. The first-order chi connectivity index (χ1) is 10.6. The van der Waals surface area contributed by atoms with Crippen LogP contribution in [0.4, 0.5) is 39.5 Å². The predicted molar refractivity (Wildman–Crippen MR) is 63.0 cm³/mol. The second-order valence-corrected chi connectivity index (χ2v) is 5.78. The summed E-state index contributed by atoms with van der Waals surface area (Å²) in [4.78, 5) is 2.47. The van der Waals surface area contributed by atoms with Crippen LogP contribution in [-0.4, -0.2) is 64.5 Å². The maximum Gasteiger partial charge on any atom is 0.435 e. The van der Waals surface area contributed by atoms with Gasteiger partial charge in [-0.1, -0.05) is 0 Å². The molecule has 0 aromatic carbocycles. The molecule has 2 saturated heterocycles. The van der Waals surface area contributed by atoms with Gasteiger partial charge in [0.1, 0.15) is 0 Å². The van der Waals surface area contributed by atoms with Crippen LogP contribution in [0.5, 0.6) is 0 Å². The molecule has 2 fully saturated rings. The third-order valence-corrected chi connectivity index (χ3v) is 4.34. The maximum atomic E-state index is 11.4. The topological polar surface area (TPSA) is 43.7 Å². The van der Waals surface area contributed by atoms with Crippen LogP contribution < -0.4 is 0 Å². The Morgan fingerprint density at radius 1 is 0.750 bits per heavy atom. The molecule has 3 nitrogen and oxygen atoms in total. The summed E-state index contributed by atoms with van der Waals surface area (Å²) in [5.74, 6) is 0. The van der Waals surface area contributed by atoms with Crippen LogP contribution in [0.1, 0.15) is 25.7 Å². The van der Waals surface area contributed by atoms with E-state index in [4.69, 9.17) is 5.11 Å². The molecule has 2 heterocycles. The summed E-state index contributed by atoms with van der Waals surface area (Å²) in [5, 5.41) is 16.8. The summed E-state index contributed by atoms with van der Waals surface area (Å²) in [6.45, 7) is 2.83. The second-order valence-electron chi connectivity index (χ2n) is 5.78. The minimum Gasteiger partial charge on any atom is -0.394 e. The molecular formula is C12H16F9NO2. The van der Waals surface area contributed by atoms with Gasteiger partial charge in [0.05, 0.1) is 6.61 Å². The van der Waals surface area contributed by atoms with Crippen LogP contribution in [0.3, 0.4) is 0 Å². The van der Waals surface area contributed by atoms with Gasteiger partial charge in [0.2, 0.25) is 0 Å². The number of hydrogen-bond acceptors (Lipinski definition) is 3. The smallest absolute Gasteiger partial charge is 0.394 e. The first-order valence-corrected chi connectivity index (χ1v) is 6.91. The molecule has 0 unspecified atom stereocenters. The van der Waals surface area contributed by atoms with Crippen LogP contribution in [0.15, 0.2) is 0 Å². The first-order valence-electron chi connectivity index (χ1n) is 6.91. The second kappa shape index (κ2) is 6.52. The van der Waals surface area contributed by atoms with E-state index in [0.717, 1.165) is 0 Å². The Balaban J connectivity index is 0.000000250. The normalized spacial score (nSPS) is 22.1. The molecule has 2 N–H and O–H groups in total. The number of aliphatic hydroxyl groups is 2. The van der Waals surface area contributed by atoms with Gasteiger partial charge in [-0.05, 0) is 38.8 Å². The van der Waals surface area contributed by atoms with E-state index in [1.165, 1.54) is 38.8 Å². The first kappa shape index (κ1) is 21.3. The van der Waals surface area contributed by atoms with Gasteiger partial charge in [-0.3, -0.25) is 4.90 Å². The van der Waals surface area contributed by atoms with Crippen molar-refractivity contribution in [1.82, 2.24) is 4.90 Å². The van der Waals surface area contributed by atoms with E-state index in [2.05, 4.69) is 4.90 Å². The number of nitrogens with zero attached hydrogens (tertiary/aromatic N) is 1. The van der Waals surface area contributed by atoms with Gasteiger partial charge in [0, 0.05) is 5.54 Å². The molecule has 0 aromatic heterocycles. The third kappa shape index (κ3) is 3.59. The maximum absolute atomic E-state index is 11.4. The fourth-order valence-electron chi connectivity index (χ4n) is 2.97. The van der Waals surface area contributed by atoms with Crippen LogP contribution in [0, 0.1) is 0 Å². The third-order valence-electron chi connectivity index (χ3n) is 4.34. The summed E-state index contributed by atoms with van der Waals surface area (Å²) < 4.78 is 103. The van der Waals surface area contributed by atoms with E-state index in [1.54, 1.807) is 0 Å². The lowest BCUT2D eigenvalue weighted by Gasteiger charge is -2.33. The van der Waals surface area contributed by atoms with Gasteiger partial charge in [-0.2, -0.15) is 39.5 Å². The highest BCUT2D eigenvalue weighted by Gasteiger charge is 2.83. The van der Waals surface area contributed by atoms with Crippen molar-refractivity contribution < 1.29 is 49.7 Å². The van der Waals surface area contributed by atoms with Gasteiger partial charge < -0.3 is 10.2 Å². The molecule has 144 valence electrons. The van der Waals surface area contributed by atoms with Gasteiger partial charge in [0.25, 0.3) is 0 Å². The summed E-state index contributed by atoms with van der Waals surface area (Å²) in [5.41, 5.74) is -6.45. The molecule has 2 aliphatic rings. The van der Waals surface area contributed by atoms with Crippen molar-refractivity contribution in [3.05, 3.63) is 0 Å². The molecule has 0 radical (unpaired) electrons. The zero-order valence-electron chi connectivity index (χ0n) is 12.2. The van der Waals surface area contributed by atoms with Crippen molar-refractivity contribution in [3.8, 4) is 0 Å². The van der Waals surface area contributed by atoms with E-state index >= 15 is 0 Å². The van der Waals surface area contributed by atoms with Gasteiger partial charge >= 0.3 is 24.1 Å². The molecule has 0 atom stereocenters. The summed E-state index contributed by atoms with van der Waals surface area (Å²) in [6, 6.07) is 0. The lowest BCUT2D eigenvalue weighted by molar-refractivity contribution is -0.447. The highest BCUT2D eigenvalue weighted by Crippen LogP contribution is 2.52. The van der Waals surface area contributed by atoms with Crippen LogP contribution in [0.2, 0.25) is 0 Å². The predicted octanol–water partition coefficient (Wildman–Crippen LogP) is 3.01. The molecule has 0 bridgehead atoms. The number of rotatable bonds is 1. The Kier molecular flexibility index (Phi) is 5.79. The molecule has 2 aliphatic heterocycles. The minimum absolute atomic E-state index is 0.236. The summed E-state index contributed by atoms with van der Waals surface area (Å²) >= 11 is 0. The molecule has 0 aromatic rings. The molecular weight excluding hydrogens is 361 g/mol. The van der Waals surface area contributed by atoms with Crippen molar-refractivity contribution in [2.45, 2.75) is 55.4 Å². The Bertz CT molecular complexity index is 384. The van der Waals surface area contributed by atoms with Crippen molar-refractivity contribution in [3.63, 3.8) is 0 Å². The van der Waals surface area contributed by atoms with Crippen molar-refractivity contribution in [2.24, 2.45) is 0 Å². The molecule has 24 heavy (non-hydrogen) atoms. The van der Waals surface area contributed by atoms with Crippen LogP contribution in [-0.2, 0) is 0 Å². The van der Waals surface area contributed by atoms with E-state index < -0.39 is 24.1 Å². The van der Waals surface area contributed by atoms with Gasteiger partial charge in [-0.25, -0.2) is 0 Å².